The molecule has 31 heavy (non-hydrogen) atoms. The molecule has 0 saturated carbocycles. The molecule has 0 spiro atoms. The van der Waals surface area contributed by atoms with Crippen LogP contribution in [0, 0.1) is 0 Å². The van der Waals surface area contributed by atoms with Gasteiger partial charge in [0.05, 0.1) is 19.3 Å². The number of rotatable bonds is 11. The molecule has 3 aromatic rings. The summed E-state index contributed by atoms with van der Waals surface area (Å²) >= 11 is 0. The zero-order chi connectivity index (χ0) is 21.9. The van der Waals surface area contributed by atoms with E-state index in [4.69, 9.17) is 9.47 Å². The van der Waals surface area contributed by atoms with E-state index in [0.717, 1.165) is 35.5 Å². The van der Waals surface area contributed by atoms with Crippen molar-refractivity contribution in [2.75, 3.05) is 13.7 Å². The highest BCUT2D eigenvalue weighted by Crippen LogP contribution is 2.23. The Morgan fingerprint density at radius 1 is 0.774 bits per heavy atom. The van der Waals surface area contributed by atoms with Crippen LogP contribution in [-0.2, 0) is 4.74 Å². The molecule has 0 unspecified atom stereocenters. The molecular formula is C26H30N2O3. The molecule has 0 bridgehead atoms. The van der Waals surface area contributed by atoms with E-state index >= 15 is 0 Å². The second-order valence-electron chi connectivity index (χ2n) is 7.50. The van der Waals surface area contributed by atoms with Gasteiger partial charge in [-0.1, -0.05) is 63.3 Å². The van der Waals surface area contributed by atoms with Crippen molar-refractivity contribution in [2.45, 2.75) is 45.4 Å². The number of hydrogen-bond donors (Lipinski definition) is 0. The summed E-state index contributed by atoms with van der Waals surface area (Å²) in [7, 11) is 1.37. The number of unbranched alkanes of at least 4 members (excludes halogenated alkanes) is 5. The maximum atomic E-state index is 11.5. The SMILES string of the molecule is CCCCCCCCOc1ccc(-c2cnc(-c3ccc(C(=O)OC)cc3)nc2)cc1. The number of esters is 1. The number of carbonyl (C=O) groups excluding carboxylic acids is 1. The Morgan fingerprint density at radius 3 is 2.03 bits per heavy atom. The van der Waals surface area contributed by atoms with Crippen molar-refractivity contribution in [3.05, 3.63) is 66.5 Å². The van der Waals surface area contributed by atoms with Crippen molar-refractivity contribution < 1.29 is 14.3 Å². The van der Waals surface area contributed by atoms with Crippen LogP contribution in [0.2, 0.25) is 0 Å². The second kappa shape index (κ2) is 11.8. The fourth-order valence-electron chi connectivity index (χ4n) is 3.32. The fraction of sp³-hybridized carbons (Fsp3) is 0.346. The number of benzene rings is 2. The first-order valence-corrected chi connectivity index (χ1v) is 11.0. The van der Waals surface area contributed by atoms with E-state index < -0.39 is 0 Å². The molecule has 3 rings (SSSR count). The summed E-state index contributed by atoms with van der Waals surface area (Å²) in [6, 6.07) is 15.1. The summed E-state index contributed by atoms with van der Waals surface area (Å²) in [6.45, 7) is 3.00. The molecular weight excluding hydrogens is 388 g/mol. The van der Waals surface area contributed by atoms with Crippen molar-refractivity contribution in [3.63, 3.8) is 0 Å². The largest absolute Gasteiger partial charge is 0.494 e. The topological polar surface area (TPSA) is 61.3 Å². The van der Waals surface area contributed by atoms with Crippen LogP contribution in [0.4, 0.5) is 0 Å². The molecule has 1 heterocycles. The van der Waals surface area contributed by atoms with E-state index in [1.54, 1.807) is 12.1 Å². The summed E-state index contributed by atoms with van der Waals surface area (Å²) < 4.78 is 10.6. The maximum Gasteiger partial charge on any atom is 0.337 e. The Bertz CT molecular complexity index is 936. The highest BCUT2D eigenvalue weighted by atomic mass is 16.5. The number of aromatic nitrogens is 2. The van der Waals surface area contributed by atoms with Gasteiger partial charge in [-0.25, -0.2) is 14.8 Å². The first-order valence-electron chi connectivity index (χ1n) is 11.0. The van der Waals surface area contributed by atoms with Gasteiger partial charge in [-0.3, -0.25) is 0 Å². The van der Waals surface area contributed by atoms with Crippen molar-refractivity contribution >= 4 is 5.97 Å². The first kappa shape index (κ1) is 22.5. The molecule has 0 aliphatic carbocycles. The van der Waals surface area contributed by atoms with E-state index in [9.17, 15) is 4.79 Å². The van der Waals surface area contributed by atoms with Gasteiger partial charge < -0.3 is 9.47 Å². The van der Waals surface area contributed by atoms with E-state index in [1.807, 2.05) is 48.8 Å². The van der Waals surface area contributed by atoms with E-state index in [2.05, 4.69) is 16.9 Å². The molecule has 0 aliphatic heterocycles. The number of methoxy groups -OCH3 is 1. The Labute approximate surface area is 184 Å². The van der Waals surface area contributed by atoms with Gasteiger partial charge >= 0.3 is 5.97 Å². The molecule has 0 N–H and O–H groups in total. The lowest BCUT2D eigenvalue weighted by atomic mass is 10.1. The minimum Gasteiger partial charge on any atom is -0.494 e. The number of nitrogens with zero attached hydrogens (tertiary/aromatic N) is 2. The normalized spacial score (nSPS) is 10.6. The summed E-state index contributed by atoms with van der Waals surface area (Å²) in [4.78, 5) is 20.5. The quantitative estimate of drug-likeness (QED) is 0.269. The molecule has 1 aromatic heterocycles. The van der Waals surface area contributed by atoms with Crippen LogP contribution < -0.4 is 4.74 Å². The Morgan fingerprint density at radius 2 is 1.39 bits per heavy atom. The van der Waals surface area contributed by atoms with Crippen LogP contribution in [0.1, 0.15) is 55.8 Å². The lowest BCUT2D eigenvalue weighted by molar-refractivity contribution is 0.0600. The fourth-order valence-corrected chi connectivity index (χ4v) is 3.32. The number of ether oxygens (including phenoxy) is 2. The van der Waals surface area contributed by atoms with Crippen LogP contribution in [0.15, 0.2) is 60.9 Å². The Kier molecular flexibility index (Phi) is 8.59. The lowest BCUT2D eigenvalue weighted by Gasteiger charge is -2.08. The molecule has 0 atom stereocenters. The van der Waals surface area contributed by atoms with Gasteiger partial charge in [0.2, 0.25) is 0 Å². The first-order chi connectivity index (χ1) is 15.2. The molecule has 5 heteroatoms. The third-order valence-corrected chi connectivity index (χ3v) is 5.17. The van der Waals surface area contributed by atoms with Gasteiger partial charge in [0.25, 0.3) is 0 Å². The van der Waals surface area contributed by atoms with Crippen molar-refractivity contribution in [1.29, 1.82) is 0 Å². The third-order valence-electron chi connectivity index (χ3n) is 5.17. The average Bonchev–Trinajstić information content (AvgIpc) is 2.83. The zero-order valence-electron chi connectivity index (χ0n) is 18.3. The minimum absolute atomic E-state index is 0.359. The van der Waals surface area contributed by atoms with Crippen LogP contribution in [0.5, 0.6) is 5.75 Å². The van der Waals surface area contributed by atoms with Crippen molar-refractivity contribution in [1.82, 2.24) is 9.97 Å². The molecule has 2 aromatic carbocycles. The Hall–Kier alpha value is -3.21. The molecule has 162 valence electrons. The smallest absolute Gasteiger partial charge is 0.337 e. The van der Waals surface area contributed by atoms with Gasteiger partial charge in [0, 0.05) is 23.5 Å². The molecule has 0 aliphatic rings. The van der Waals surface area contributed by atoms with Gasteiger partial charge in [0.1, 0.15) is 5.75 Å². The van der Waals surface area contributed by atoms with Gasteiger partial charge in [0.15, 0.2) is 5.82 Å². The highest BCUT2D eigenvalue weighted by Gasteiger charge is 2.07. The molecule has 0 radical (unpaired) electrons. The number of hydrogen-bond acceptors (Lipinski definition) is 5. The highest BCUT2D eigenvalue weighted by molar-refractivity contribution is 5.89. The molecule has 0 fully saturated rings. The van der Waals surface area contributed by atoms with Crippen LogP contribution >= 0.6 is 0 Å². The van der Waals surface area contributed by atoms with E-state index in [-0.39, 0.29) is 5.97 Å². The van der Waals surface area contributed by atoms with E-state index in [0.29, 0.717) is 11.4 Å². The monoisotopic (exact) mass is 418 g/mol. The second-order valence-corrected chi connectivity index (χ2v) is 7.50. The summed E-state index contributed by atoms with van der Waals surface area (Å²) in [5, 5.41) is 0. The maximum absolute atomic E-state index is 11.5. The number of carbonyl (C=O) groups is 1. The summed E-state index contributed by atoms with van der Waals surface area (Å²) in [6.07, 6.45) is 11.2. The molecule has 0 saturated heterocycles. The summed E-state index contributed by atoms with van der Waals surface area (Å²) in [5.41, 5.74) is 3.33. The zero-order valence-corrected chi connectivity index (χ0v) is 18.3. The van der Waals surface area contributed by atoms with E-state index in [1.165, 1.54) is 39.2 Å². The van der Waals surface area contributed by atoms with Crippen LogP contribution in [0.3, 0.4) is 0 Å². The predicted octanol–water partition coefficient (Wildman–Crippen LogP) is 6.34. The molecule has 0 amide bonds. The standard InChI is InChI=1S/C26H30N2O3/c1-3-4-5-6-7-8-17-31-24-15-13-20(14-16-24)23-18-27-25(28-19-23)21-9-11-22(12-10-21)26(29)30-2/h9-16,18-19H,3-8,17H2,1-2H3. The minimum atomic E-state index is -0.359. The van der Waals surface area contributed by atoms with Gasteiger partial charge in [-0.05, 0) is 36.2 Å². The van der Waals surface area contributed by atoms with Crippen molar-refractivity contribution in [2.24, 2.45) is 0 Å². The third kappa shape index (κ3) is 6.64. The van der Waals surface area contributed by atoms with Crippen molar-refractivity contribution in [3.8, 4) is 28.3 Å². The van der Waals surface area contributed by atoms with Crippen LogP contribution in [0.25, 0.3) is 22.5 Å². The van der Waals surface area contributed by atoms with Gasteiger partial charge in [-0.15, -0.1) is 0 Å². The lowest BCUT2D eigenvalue weighted by Crippen LogP contribution is -2.00. The predicted molar refractivity (Wildman–Crippen MR) is 123 cm³/mol. The van der Waals surface area contributed by atoms with Gasteiger partial charge in [-0.2, -0.15) is 0 Å². The average molecular weight is 419 g/mol. The van der Waals surface area contributed by atoms with Crippen LogP contribution in [-0.4, -0.2) is 29.7 Å². The molecule has 5 nitrogen and oxygen atoms in total. The summed E-state index contributed by atoms with van der Waals surface area (Å²) in [5.74, 6) is 1.14. The Balaban J connectivity index is 1.53.